The van der Waals surface area contributed by atoms with E-state index in [1.54, 1.807) is 34.9 Å². The molecule has 0 saturated carbocycles. The minimum absolute atomic E-state index is 0.150. The average Bonchev–Trinajstić information content (AvgIpc) is 2.99. The summed E-state index contributed by atoms with van der Waals surface area (Å²) in [7, 11) is 1.70. The van der Waals surface area contributed by atoms with Gasteiger partial charge in [-0.2, -0.15) is 4.98 Å². The first-order valence-corrected chi connectivity index (χ1v) is 11.6. The maximum Gasteiger partial charge on any atom is 0.328 e. The van der Waals surface area contributed by atoms with Gasteiger partial charge in [0.05, 0.1) is 22.8 Å². The molecular formula is C23H29ClF2N6O2. The van der Waals surface area contributed by atoms with Gasteiger partial charge in [-0.3, -0.25) is 9.13 Å². The van der Waals surface area contributed by atoms with Gasteiger partial charge in [0.25, 0.3) is 5.92 Å². The highest BCUT2D eigenvalue weighted by atomic mass is 35.5. The highest BCUT2D eigenvalue weighted by Crippen LogP contribution is 2.35. The number of aliphatic hydroxyl groups is 1. The van der Waals surface area contributed by atoms with Crippen LogP contribution in [0.2, 0.25) is 5.02 Å². The lowest BCUT2D eigenvalue weighted by Crippen LogP contribution is -2.46. The average molecular weight is 495 g/mol. The van der Waals surface area contributed by atoms with Crippen molar-refractivity contribution in [2.45, 2.75) is 51.7 Å². The summed E-state index contributed by atoms with van der Waals surface area (Å²) in [6, 6.07) is 5.45. The van der Waals surface area contributed by atoms with Crippen LogP contribution in [0.1, 0.15) is 33.6 Å². The normalized spacial score (nSPS) is 18.5. The van der Waals surface area contributed by atoms with Crippen LogP contribution in [-0.2, 0) is 13.6 Å². The van der Waals surface area contributed by atoms with Gasteiger partial charge >= 0.3 is 5.69 Å². The van der Waals surface area contributed by atoms with Gasteiger partial charge in [-0.15, -0.1) is 0 Å². The second-order valence-electron chi connectivity index (χ2n) is 9.61. The molecular weight excluding hydrogens is 466 g/mol. The van der Waals surface area contributed by atoms with Crippen LogP contribution in [0.15, 0.2) is 29.2 Å². The smallest absolute Gasteiger partial charge is 0.328 e. The fourth-order valence-electron chi connectivity index (χ4n) is 4.09. The van der Waals surface area contributed by atoms with Gasteiger partial charge in [-0.25, -0.2) is 18.6 Å². The van der Waals surface area contributed by atoms with E-state index < -0.39 is 17.4 Å². The summed E-state index contributed by atoms with van der Waals surface area (Å²) in [5, 5.41) is 13.6. The Morgan fingerprint density at radius 1 is 1.32 bits per heavy atom. The molecule has 0 spiro atoms. The molecule has 8 nitrogen and oxygen atoms in total. The number of hydrogen-bond acceptors (Lipinski definition) is 6. The number of aryl methyl sites for hydroxylation is 2. The third-order valence-corrected chi connectivity index (χ3v) is 6.58. The zero-order valence-corrected chi connectivity index (χ0v) is 20.4. The van der Waals surface area contributed by atoms with E-state index in [0.29, 0.717) is 35.9 Å². The summed E-state index contributed by atoms with van der Waals surface area (Å²) in [4.78, 5) is 23.2. The summed E-state index contributed by atoms with van der Waals surface area (Å²) in [5.41, 5.74) is 1.04. The number of fused-ring (bicyclic) bond motifs is 1. The molecule has 1 unspecified atom stereocenters. The van der Waals surface area contributed by atoms with Gasteiger partial charge in [0.15, 0.2) is 5.82 Å². The van der Waals surface area contributed by atoms with E-state index in [1.165, 1.54) is 13.1 Å². The van der Waals surface area contributed by atoms with E-state index in [4.69, 9.17) is 11.6 Å². The molecule has 1 aliphatic heterocycles. The first kappa shape index (κ1) is 24.4. The van der Waals surface area contributed by atoms with E-state index in [9.17, 15) is 18.7 Å². The topological polar surface area (TPSA) is 88.2 Å². The Morgan fingerprint density at radius 2 is 2.06 bits per heavy atom. The Morgan fingerprint density at radius 3 is 2.74 bits per heavy atom. The molecule has 1 saturated heterocycles. The summed E-state index contributed by atoms with van der Waals surface area (Å²) < 4.78 is 31.0. The van der Waals surface area contributed by atoms with E-state index >= 15 is 0 Å². The van der Waals surface area contributed by atoms with Crippen LogP contribution >= 0.6 is 11.6 Å². The second kappa shape index (κ2) is 8.81. The van der Waals surface area contributed by atoms with Crippen molar-refractivity contribution in [2.75, 3.05) is 23.3 Å². The molecule has 0 radical (unpaired) electrons. The van der Waals surface area contributed by atoms with E-state index in [2.05, 4.69) is 15.3 Å². The fraction of sp³-hybridized carbons (Fsp3) is 0.522. The molecule has 4 rings (SSSR count). The number of imidazole rings is 1. The Labute approximate surface area is 201 Å². The molecule has 0 amide bonds. The van der Waals surface area contributed by atoms with E-state index in [0.717, 1.165) is 5.52 Å². The molecule has 1 aromatic carbocycles. The zero-order chi connectivity index (χ0) is 24.8. The van der Waals surface area contributed by atoms with Crippen molar-refractivity contribution in [1.82, 2.24) is 19.1 Å². The predicted molar refractivity (Wildman–Crippen MR) is 129 cm³/mol. The number of rotatable bonds is 6. The molecule has 1 fully saturated rings. The Bertz CT molecular complexity index is 1270. The van der Waals surface area contributed by atoms with Gasteiger partial charge in [0.2, 0.25) is 5.95 Å². The minimum Gasteiger partial charge on any atom is -0.390 e. The third-order valence-electron chi connectivity index (χ3n) is 6.30. The standard InChI is InChI=1S/C23H29ClF2N6O2/c1-14-13-31(9-8-23(14,25)26)20-27-12-16(24)19(29-20)28-15-5-6-17-18(11-15)32(21(33)30(17)4)10-7-22(2,3)34/h5-6,11-12,14,34H,7-10,13H2,1-4H3,(H,27,28,29). The van der Waals surface area contributed by atoms with Gasteiger partial charge in [-0.1, -0.05) is 18.5 Å². The Kier molecular flexibility index (Phi) is 6.32. The van der Waals surface area contributed by atoms with Crippen molar-refractivity contribution in [1.29, 1.82) is 0 Å². The maximum atomic E-state index is 13.9. The summed E-state index contributed by atoms with van der Waals surface area (Å²) in [6.45, 7) is 5.59. The maximum absolute atomic E-state index is 13.9. The number of nitrogens with one attached hydrogen (secondary N) is 1. The van der Waals surface area contributed by atoms with Crippen LogP contribution in [0.5, 0.6) is 0 Å². The molecule has 2 aromatic heterocycles. The zero-order valence-electron chi connectivity index (χ0n) is 19.6. The first-order chi connectivity index (χ1) is 15.9. The molecule has 1 aliphatic rings. The lowest BCUT2D eigenvalue weighted by Gasteiger charge is -2.36. The van der Waals surface area contributed by atoms with Crippen molar-refractivity contribution in [2.24, 2.45) is 13.0 Å². The van der Waals surface area contributed by atoms with Gasteiger partial charge in [-0.05, 0) is 38.5 Å². The number of alkyl halides is 2. The third kappa shape index (κ3) is 4.88. The largest absolute Gasteiger partial charge is 0.390 e. The molecule has 0 aliphatic carbocycles. The van der Waals surface area contributed by atoms with E-state index in [1.807, 2.05) is 18.2 Å². The van der Waals surface area contributed by atoms with Crippen molar-refractivity contribution >= 4 is 40.1 Å². The van der Waals surface area contributed by atoms with Crippen molar-refractivity contribution in [3.63, 3.8) is 0 Å². The summed E-state index contributed by atoms with van der Waals surface area (Å²) >= 11 is 6.32. The van der Waals surface area contributed by atoms with Crippen molar-refractivity contribution < 1.29 is 13.9 Å². The van der Waals surface area contributed by atoms with Crippen LogP contribution in [0.4, 0.5) is 26.2 Å². The molecule has 184 valence electrons. The number of nitrogens with zero attached hydrogens (tertiary/aromatic N) is 5. The summed E-state index contributed by atoms with van der Waals surface area (Å²) in [6.07, 6.45) is 1.61. The minimum atomic E-state index is -2.70. The molecule has 3 aromatic rings. The van der Waals surface area contributed by atoms with Crippen LogP contribution < -0.4 is 15.9 Å². The lowest BCUT2D eigenvalue weighted by atomic mass is 9.96. The lowest BCUT2D eigenvalue weighted by molar-refractivity contribution is -0.0653. The molecule has 1 atom stereocenters. The molecule has 3 heterocycles. The van der Waals surface area contributed by atoms with Gasteiger partial charge in [0, 0.05) is 44.7 Å². The Balaban J connectivity index is 1.62. The number of benzene rings is 1. The molecule has 0 bridgehead atoms. The second-order valence-corrected chi connectivity index (χ2v) is 10.0. The monoisotopic (exact) mass is 494 g/mol. The number of hydrogen-bond donors (Lipinski definition) is 2. The number of aromatic nitrogens is 4. The highest BCUT2D eigenvalue weighted by molar-refractivity contribution is 6.32. The fourth-order valence-corrected chi connectivity index (χ4v) is 4.23. The molecule has 34 heavy (non-hydrogen) atoms. The van der Waals surface area contributed by atoms with Crippen LogP contribution in [0.25, 0.3) is 11.0 Å². The number of piperidine rings is 1. The number of halogens is 3. The SMILES string of the molecule is CC1CN(c2ncc(Cl)c(Nc3ccc4c(c3)n(CCC(C)(C)O)c(=O)n4C)n2)CCC1(F)F. The quantitative estimate of drug-likeness (QED) is 0.534. The summed E-state index contributed by atoms with van der Waals surface area (Å²) in [5.74, 6) is -2.83. The first-order valence-electron chi connectivity index (χ1n) is 11.2. The van der Waals surface area contributed by atoms with Crippen LogP contribution in [0, 0.1) is 5.92 Å². The van der Waals surface area contributed by atoms with Crippen molar-refractivity contribution in [3.05, 3.63) is 39.9 Å². The Hall–Kier alpha value is -2.72. The van der Waals surface area contributed by atoms with E-state index in [-0.39, 0.29) is 30.2 Å². The number of anilines is 3. The van der Waals surface area contributed by atoms with Crippen molar-refractivity contribution in [3.8, 4) is 0 Å². The van der Waals surface area contributed by atoms with Crippen LogP contribution in [-0.4, -0.2) is 48.8 Å². The molecule has 11 heteroatoms. The van der Waals surface area contributed by atoms with Gasteiger partial charge in [0.1, 0.15) is 5.02 Å². The highest BCUT2D eigenvalue weighted by Gasteiger charge is 2.41. The van der Waals surface area contributed by atoms with Crippen LogP contribution in [0.3, 0.4) is 0 Å². The van der Waals surface area contributed by atoms with Gasteiger partial charge < -0.3 is 15.3 Å². The molecule has 2 N–H and O–H groups in total. The predicted octanol–water partition coefficient (Wildman–Crippen LogP) is 4.17.